The number of hydrogen-bond acceptors (Lipinski definition) is 6. The number of hydrogen-bond donors (Lipinski definition) is 2. The number of nitrogens with zero attached hydrogens (tertiary/aromatic N) is 2. The second kappa shape index (κ2) is 10.2. The zero-order chi connectivity index (χ0) is 27.1. The average Bonchev–Trinajstić information content (AvgIpc) is 3.46. The van der Waals surface area contributed by atoms with Crippen LogP contribution < -0.4 is 10.7 Å². The lowest BCUT2D eigenvalue weighted by molar-refractivity contribution is -0.114. The highest BCUT2D eigenvalue weighted by atomic mass is 35.5. The molecule has 7 nitrogen and oxygen atoms in total. The van der Waals surface area contributed by atoms with Crippen LogP contribution in [0.15, 0.2) is 58.0 Å². The zero-order valence-corrected chi connectivity index (χ0v) is 22.9. The van der Waals surface area contributed by atoms with Crippen LogP contribution in [0.4, 0.5) is 5.69 Å². The summed E-state index contributed by atoms with van der Waals surface area (Å²) in [5.74, 6) is -0.672. The number of halogens is 2. The van der Waals surface area contributed by atoms with Crippen LogP contribution in [-0.2, 0) is 4.79 Å². The molecule has 9 heteroatoms. The van der Waals surface area contributed by atoms with Crippen molar-refractivity contribution in [3.63, 3.8) is 0 Å². The maximum atomic E-state index is 13.0. The van der Waals surface area contributed by atoms with Crippen LogP contribution in [0.5, 0.6) is 0 Å². The minimum absolute atomic E-state index is 0.0712. The number of amides is 1. The van der Waals surface area contributed by atoms with Gasteiger partial charge in [0.2, 0.25) is 17.4 Å². The molecule has 1 aliphatic rings. The molecule has 5 rings (SSSR count). The van der Waals surface area contributed by atoms with Crippen LogP contribution in [0.2, 0.25) is 10.0 Å². The van der Waals surface area contributed by atoms with Gasteiger partial charge in [-0.15, -0.1) is 0 Å². The van der Waals surface area contributed by atoms with Crippen LogP contribution in [0.25, 0.3) is 33.5 Å². The molecule has 0 spiro atoms. The minimum atomic E-state index is -0.336. The van der Waals surface area contributed by atoms with Crippen LogP contribution in [-0.4, -0.2) is 28.9 Å². The number of aromatic nitrogens is 1. The van der Waals surface area contributed by atoms with E-state index in [1.807, 2.05) is 43.3 Å². The summed E-state index contributed by atoms with van der Waals surface area (Å²) >= 11 is 13.0. The molecule has 2 aromatic carbocycles. The Labute approximate surface area is 230 Å². The summed E-state index contributed by atoms with van der Waals surface area (Å²) in [5.41, 5.74) is 8.50. The molecule has 4 aromatic rings. The van der Waals surface area contributed by atoms with Crippen molar-refractivity contribution >= 4 is 57.4 Å². The lowest BCUT2D eigenvalue weighted by Crippen LogP contribution is -2.12. The lowest BCUT2D eigenvalue weighted by Gasteiger charge is -2.15. The first-order valence-electron chi connectivity index (χ1n) is 12.3. The van der Waals surface area contributed by atoms with E-state index in [9.17, 15) is 9.59 Å². The number of carbonyl (C=O) groups is 2. The number of rotatable bonds is 6. The molecule has 0 aliphatic carbocycles. The number of fused-ring (bicyclic) bond motifs is 1. The van der Waals surface area contributed by atoms with Gasteiger partial charge in [0.15, 0.2) is 5.76 Å². The fourth-order valence-electron chi connectivity index (χ4n) is 4.60. The fraction of sp³-hybridized carbons (Fsp3) is 0.241. The predicted octanol–water partition coefficient (Wildman–Crippen LogP) is 7.33. The van der Waals surface area contributed by atoms with E-state index in [1.165, 1.54) is 6.92 Å². The Morgan fingerprint density at radius 1 is 1.08 bits per heavy atom. The van der Waals surface area contributed by atoms with E-state index in [0.29, 0.717) is 38.9 Å². The molecule has 0 saturated carbocycles. The molecule has 0 saturated heterocycles. The largest absolute Gasteiger partial charge is 0.432 e. The van der Waals surface area contributed by atoms with E-state index in [1.54, 1.807) is 26.0 Å². The van der Waals surface area contributed by atoms with E-state index in [-0.39, 0.29) is 35.0 Å². The number of hydrazone groups is 1. The second-order valence-electron chi connectivity index (χ2n) is 9.66. The van der Waals surface area contributed by atoms with Crippen molar-refractivity contribution in [1.82, 2.24) is 10.4 Å². The highest BCUT2D eigenvalue weighted by Gasteiger charge is 2.27. The van der Waals surface area contributed by atoms with Crippen molar-refractivity contribution in [2.75, 3.05) is 11.9 Å². The van der Waals surface area contributed by atoms with Gasteiger partial charge in [0.1, 0.15) is 5.69 Å². The number of furan rings is 1. The predicted molar refractivity (Wildman–Crippen MR) is 152 cm³/mol. The van der Waals surface area contributed by atoms with Crippen molar-refractivity contribution in [3.8, 4) is 22.4 Å². The molecule has 3 heterocycles. The molecule has 1 amide bonds. The quantitative estimate of drug-likeness (QED) is 0.246. The molecule has 0 fully saturated rings. The highest BCUT2D eigenvalue weighted by molar-refractivity contribution is 6.33. The highest BCUT2D eigenvalue weighted by Crippen LogP contribution is 2.41. The molecule has 1 aliphatic heterocycles. The summed E-state index contributed by atoms with van der Waals surface area (Å²) in [6, 6.07) is 15.1. The first kappa shape index (κ1) is 25.9. The van der Waals surface area contributed by atoms with Gasteiger partial charge in [-0.1, -0.05) is 61.3 Å². The van der Waals surface area contributed by atoms with E-state index in [4.69, 9.17) is 32.6 Å². The first-order chi connectivity index (χ1) is 18.1. The molecule has 38 heavy (non-hydrogen) atoms. The molecule has 0 bridgehead atoms. The average molecular weight is 549 g/mol. The van der Waals surface area contributed by atoms with Gasteiger partial charge < -0.3 is 15.2 Å². The van der Waals surface area contributed by atoms with Gasteiger partial charge in [-0.25, -0.2) is 4.98 Å². The molecule has 1 atom stereocenters. The maximum absolute atomic E-state index is 13.0. The summed E-state index contributed by atoms with van der Waals surface area (Å²) in [6.45, 7) is 7.64. The first-order valence-corrected chi connectivity index (χ1v) is 13.0. The number of Topliss-reactive ketones (excluding diaryl/α,β-unsaturated/α-hetero) is 1. The van der Waals surface area contributed by atoms with E-state index < -0.39 is 0 Å². The molecule has 0 radical (unpaired) electrons. The van der Waals surface area contributed by atoms with Crippen LogP contribution >= 0.6 is 23.2 Å². The Bertz CT molecular complexity index is 1610. The lowest BCUT2D eigenvalue weighted by atomic mass is 9.92. The number of pyridine rings is 1. The number of nitrogens with one attached hydrogen (secondary N) is 2. The standard InChI is InChI=1S/C29H26Cl2N4O3/c1-14(2)27(37)28-26(33-16(4)36)22-12-21(17-5-8-19(30)9-6-17)25(34-29(22)38-28)20-10-7-18(11-24(20)31)23-13-32-35-15(23)3/h5-12,14,23,32H,13H2,1-4H3,(H,33,36). The van der Waals surface area contributed by atoms with Crippen molar-refractivity contribution in [3.05, 3.63) is 69.9 Å². The van der Waals surface area contributed by atoms with Crippen LogP contribution in [0.3, 0.4) is 0 Å². The summed E-state index contributed by atoms with van der Waals surface area (Å²) in [6.07, 6.45) is 0. The van der Waals surface area contributed by atoms with Crippen molar-refractivity contribution in [2.24, 2.45) is 11.0 Å². The third-order valence-corrected chi connectivity index (χ3v) is 7.16. The third kappa shape index (κ3) is 4.79. The third-order valence-electron chi connectivity index (χ3n) is 6.59. The Morgan fingerprint density at radius 2 is 1.82 bits per heavy atom. The van der Waals surface area contributed by atoms with Crippen LogP contribution in [0.1, 0.15) is 49.7 Å². The minimum Gasteiger partial charge on any atom is -0.432 e. The van der Waals surface area contributed by atoms with E-state index in [2.05, 4.69) is 15.8 Å². The van der Waals surface area contributed by atoms with Crippen molar-refractivity contribution in [2.45, 2.75) is 33.6 Å². The SMILES string of the molecule is CC(=O)Nc1c(C(=O)C(C)C)oc2nc(-c3ccc(C4CNN=C4C)cc3Cl)c(-c3ccc(Cl)cc3)cc12. The topological polar surface area (TPSA) is 96.6 Å². The Hall–Kier alpha value is -3.68. The monoisotopic (exact) mass is 548 g/mol. The number of carbonyl (C=O) groups excluding carboxylic acids is 2. The summed E-state index contributed by atoms with van der Waals surface area (Å²) in [4.78, 5) is 29.9. The van der Waals surface area contributed by atoms with Gasteiger partial charge in [-0.2, -0.15) is 5.10 Å². The zero-order valence-electron chi connectivity index (χ0n) is 21.4. The number of anilines is 1. The summed E-state index contributed by atoms with van der Waals surface area (Å²) in [7, 11) is 0. The number of benzene rings is 2. The van der Waals surface area contributed by atoms with Crippen molar-refractivity contribution < 1.29 is 14.0 Å². The Kier molecular flexibility index (Phi) is 6.99. The molecular weight excluding hydrogens is 523 g/mol. The van der Waals surface area contributed by atoms with Gasteiger partial charge in [0.25, 0.3) is 0 Å². The van der Waals surface area contributed by atoms with E-state index in [0.717, 1.165) is 22.4 Å². The summed E-state index contributed by atoms with van der Waals surface area (Å²) < 4.78 is 5.99. The molecular formula is C29H26Cl2N4O3. The maximum Gasteiger partial charge on any atom is 0.229 e. The van der Waals surface area contributed by atoms with Gasteiger partial charge in [-0.3, -0.25) is 9.59 Å². The van der Waals surface area contributed by atoms with E-state index >= 15 is 0 Å². The fourth-order valence-corrected chi connectivity index (χ4v) is 5.00. The Morgan fingerprint density at radius 3 is 2.42 bits per heavy atom. The number of ketones is 1. The molecule has 2 aromatic heterocycles. The van der Waals surface area contributed by atoms with Crippen LogP contribution in [0, 0.1) is 5.92 Å². The van der Waals surface area contributed by atoms with Gasteiger partial charge in [0.05, 0.1) is 16.1 Å². The van der Waals surface area contributed by atoms with Gasteiger partial charge in [0, 0.05) is 47.2 Å². The van der Waals surface area contributed by atoms with Gasteiger partial charge >= 0.3 is 0 Å². The molecule has 194 valence electrons. The van der Waals surface area contributed by atoms with Gasteiger partial charge in [-0.05, 0) is 42.3 Å². The molecule has 2 N–H and O–H groups in total. The molecule has 1 unspecified atom stereocenters. The van der Waals surface area contributed by atoms with Crippen molar-refractivity contribution in [1.29, 1.82) is 0 Å². The smallest absolute Gasteiger partial charge is 0.229 e. The normalized spacial score (nSPS) is 15.0. The second-order valence-corrected chi connectivity index (χ2v) is 10.5. The summed E-state index contributed by atoms with van der Waals surface area (Å²) in [5, 5.41) is 8.71. The Balaban J connectivity index is 1.75.